The summed E-state index contributed by atoms with van der Waals surface area (Å²) in [5, 5.41) is 11.4. The van der Waals surface area contributed by atoms with Crippen LogP contribution in [0.3, 0.4) is 0 Å². The first-order chi connectivity index (χ1) is 11.9. The minimum absolute atomic E-state index is 0.259. The molecule has 25 heavy (non-hydrogen) atoms. The van der Waals surface area contributed by atoms with Crippen molar-refractivity contribution in [2.75, 3.05) is 40.8 Å². The number of aromatic nitrogens is 2. The summed E-state index contributed by atoms with van der Waals surface area (Å²) in [6.07, 6.45) is 6.34. The van der Waals surface area contributed by atoms with Crippen LogP contribution in [0.4, 0.5) is 0 Å². The predicted molar refractivity (Wildman–Crippen MR) is 104 cm³/mol. The van der Waals surface area contributed by atoms with E-state index < -0.39 is 0 Å². The van der Waals surface area contributed by atoms with Crippen LogP contribution in [-0.4, -0.2) is 78.4 Å². The van der Waals surface area contributed by atoms with Crippen molar-refractivity contribution in [1.29, 1.82) is 0 Å². The van der Waals surface area contributed by atoms with Gasteiger partial charge >= 0.3 is 0 Å². The number of hydrogen-bond donors (Lipinski definition) is 2. The zero-order valence-corrected chi connectivity index (χ0v) is 16.7. The van der Waals surface area contributed by atoms with Crippen LogP contribution in [0.1, 0.15) is 38.3 Å². The van der Waals surface area contributed by atoms with E-state index in [9.17, 15) is 0 Å². The van der Waals surface area contributed by atoms with E-state index in [-0.39, 0.29) is 6.04 Å². The van der Waals surface area contributed by atoms with Crippen molar-refractivity contribution in [3.05, 3.63) is 18.0 Å². The Balaban J connectivity index is 1.85. The number of likely N-dealkylation sites (tertiary alicyclic amines) is 1. The average Bonchev–Trinajstić information content (AvgIpc) is 3.00. The Kier molecular flexibility index (Phi) is 7.25. The first kappa shape index (κ1) is 19.7. The molecule has 142 valence electrons. The molecule has 0 radical (unpaired) electrons. The third-order valence-corrected chi connectivity index (χ3v) is 5.02. The van der Waals surface area contributed by atoms with Gasteiger partial charge in [0.15, 0.2) is 5.96 Å². The molecule has 0 aromatic carbocycles. The molecule has 0 saturated carbocycles. The number of piperidine rings is 1. The van der Waals surface area contributed by atoms with Crippen LogP contribution in [0.25, 0.3) is 0 Å². The lowest BCUT2D eigenvalue weighted by molar-refractivity contribution is 0.167. The Morgan fingerprint density at radius 1 is 1.36 bits per heavy atom. The number of aliphatic imine (C=N–C) groups is 1. The lowest BCUT2D eigenvalue weighted by atomic mass is 10.0. The first-order valence-corrected chi connectivity index (χ1v) is 9.27. The van der Waals surface area contributed by atoms with Crippen molar-refractivity contribution in [3.63, 3.8) is 0 Å². The molecule has 0 bridgehead atoms. The lowest BCUT2D eigenvalue weighted by Gasteiger charge is -2.35. The van der Waals surface area contributed by atoms with Gasteiger partial charge in [-0.3, -0.25) is 9.67 Å². The summed E-state index contributed by atoms with van der Waals surface area (Å²) >= 11 is 0. The van der Waals surface area contributed by atoms with Gasteiger partial charge in [0.05, 0.1) is 12.2 Å². The van der Waals surface area contributed by atoms with Gasteiger partial charge in [-0.15, -0.1) is 0 Å². The topological polar surface area (TPSA) is 60.7 Å². The van der Waals surface area contributed by atoms with Crippen LogP contribution >= 0.6 is 0 Å². The number of aryl methyl sites for hydroxylation is 1. The molecule has 1 aromatic heterocycles. The van der Waals surface area contributed by atoms with Gasteiger partial charge in [-0.1, -0.05) is 0 Å². The summed E-state index contributed by atoms with van der Waals surface area (Å²) in [5.41, 5.74) is 1.21. The highest BCUT2D eigenvalue weighted by Gasteiger charge is 2.22. The van der Waals surface area contributed by atoms with Crippen LogP contribution in [0, 0.1) is 0 Å². The molecule has 1 aliphatic rings. The Labute approximate surface area is 152 Å². The molecule has 1 aliphatic heterocycles. The Morgan fingerprint density at radius 2 is 2.04 bits per heavy atom. The van der Waals surface area contributed by atoms with Gasteiger partial charge < -0.3 is 20.4 Å². The average molecular weight is 350 g/mol. The molecule has 1 unspecified atom stereocenters. The summed E-state index contributed by atoms with van der Waals surface area (Å²) in [6, 6.07) is 1.39. The number of rotatable bonds is 6. The molecule has 2 rings (SSSR count). The normalized spacial score (nSPS) is 18.8. The Bertz CT molecular complexity index is 541. The van der Waals surface area contributed by atoms with Gasteiger partial charge in [0.25, 0.3) is 0 Å². The largest absolute Gasteiger partial charge is 0.354 e. The van der Waals surface area contributed by atoms with Crippen LogP contribution in [0.2, 0.25) is 0 Å². The molecule has 1 atom stereocenters. The fourth-order valence-corrected chi connectivity index (χ4v) is 3.35. The van der Waals surface area contributed by atoms with E-state index >= 15 is 0 Å². The Morgan fingerprint density at radius 3 is 2.52 bits per heavy atom. The van der Waals surface area contributed by atoms with Gasteiger partial charge in [0.1, 0.15) is 0 Å². The maximum atomic E-state index is 4.41. The zero-order valence-electron chi connectivity index (χ0n) is 16.7. The van der Waals surface area contributed by atoms with E-state index in [0.29, 0.717) is 12.1 Å². The molecular weight excluding hydrogens is 314 g/mol. The summed E-state index contributed by atoms with van der Waals surface area (Å²) in [4.78, 5) is 9.16. The highest BCUT2D eigenvalue weighted by molar-refractivity contribution is 5.80. The highest BCUT2D eigenvalue weighted by atomic mass is 15.3. The van der Waals surface area contributed by atoms with Gasteiger partial charge in [0, 0.05) is 57.6 Å². The van der Waals surface area contributed by atoms with E-state index in [1.165, 1.54) is 18.4 Å². The highest BCUT2D eigenvalue weighted by Crippen LogP contribution is 2.16. The molecule has 7 nitrogen and oxygen atoms in total. The number of nitrogens with zero attached hydrogens (tertiary/aromatic N) is 5. The summed E-state index contributed by atoms with van der Waals surface area (Å²) < 4.78 is 1.85. The predicted octanol–water partition coefficient (Wildman–Crippen LogP) is 1.06. The summed E-state index contributed by atoms with van der Waals surface area (Å²) in [6.45, 7) is 7.65. The van der Waals surface area contributed by atoms with Gasteiger partial charge in [-0.25, -0.2) is 0 Å². The van der Waals surface area contributed by atoms with Crippen molar-refractivity contribution >= 4 is 5.96 Å². The summed E-state index contributed by atoms with van der Waals surface area (Å²) in [7, 11) is 7.98. The van der Waals surface area contributed by atoms with E-state index in [1.807, 2.05) is 25.0 Å². The summed E-state index contributed by atoms with van der Waals surface area (Å²) in [5.74, 6) is 0.888. The fourth-order valence-electron chi connectivity index (χ4n) is 3.35. The minimum Gasteiger partial charge on any atom is -0.354 e. The molecule has 1 fully saturated rings. The molecule has 7 heteroatoms. The van der Waals surface area contributed by atoms with Gasteiger partial charge in [-0.05, 0) is 40.8 Å². The van der Waals surface area contributed by atoms with Gasteiger partial charge in [-0.2, -0.15) is 5.10 Å². The van der Waals surface area contributed by atoms with Crippen molar-refractivity contribution < 1.29 is 0 Å². The number of hydrogen-bond acceptors (Lipinski definition) is 4. The molecule has 0 amide bonds. The van der Waals surface area contributed by atoms with Crippen LogP contribution in [0.15, 0.2) is 17.4 Å². The Hall–Kier alpha value is -1.60. The smallest absolute Gasteiger partial charge is 0.191 e. The van der Waals surface area contributed by atoms with Crippen LogP contribution in [0.5, 0.6) is 0 Å². The standard InChI is InChI=1S/C18H35N7/c1-14(2)25-9-7-16(8-10-25)22-18(19-3)20-12-17(23(4)5)15-11-21-24(6)13-15/h11,13-14,16-17H,7-10,12H2,1-6H3,(H2,19,20,22). The number of guanidine groups is 1. The maximum absolute atomic E-state index is 4.41. The molecular formula is C18H35N7. The van der Waals surface area contributed by atoms with E-state index in [1.54, 1.807) is 0 Å². The minimum atomic E-state index is 0.259. The molecule has 0 aliphatic carbocycles. The monoisotopic (exact) mass is 349 g/mol. The van der Waals surface area contributed by atoms with Crippen molar-refractivity contribution in [3.8, 4) is 0 Å². The second kappa shape index (κ2) is 9.20. The second-order valence-electron chi connectivity index (χ2n) is 7.43. The first-order valence-electron chi connectivity index (χ1n) is 9.27. The van der Waals surface area contributed by atoms with E-state index in [2.05, 4.69) is 64.7 Å². The van der Waals surface area contributed by atoms with E-state index in [0.717, 1.165) is 25.6 Å². The maximum Gasteiger partial charge on any atom is 0.191 e. The SMILES string of the molecule is CN=C(NCC(c1cnn(C)c1)N(C)C)NC1CCN(C(C)C)CC1. The third-order valence-electron chi connectivity index (χ3n) is 5.02. The molecule has 2 N–H and O–H groups in total. The zero-order chi connectivity index (χ0) is 18.4. The third kappa shape index (κ3) is 5.71. The lowest BCUT2D eigenvalue weighted by Crippen LogP contribution is -2.50. The quantitative estimate of drug-likeness (QED) is 0.594. The fraction of sp³-hybridized carbons (Fsp3) is 0.778. The molecule has 2 heterocycles. The van der Waals surface area contributed by atoms with E-state index in [4.69, 9.17) is 0 Å². The second-order valence-corrected chi connectivity index (χ2v) is 7.43. The van der Waals surface area contributed by atoms with Crippen molar-refractivity contribution in [1.82, 2.24) is 30.2 Å². The molecule has 0 spiro atoms. The van der Waals surface area contributed by atoms with Gasteiger partial charge in [0.2, 0.25) is 0 Å². The van der Waals surface area contributed by atoms with Crippen molar-refractivity contribution in [2.24, 2.45) is 12.0 Å². The molecule has 1 saturated heterocycles. The van der Waals surface area contributed by atoms with Crippen LogP contribution in [-0.2, 0) is 7.05 Å². The van der Waals surface area contributed by atoms with Crippen LogP contribution < -0.4 is 10.6 Å². The van der Waals surface area contributed by atoms with Crippen molar-refractivity contribution in [2.45, 2.75) is 44.8 Å². The number of likely N-dealkylation sites (N-methyl/N-ethyl adjacent to an activating group) is 1. The number of nitrogens with one attached hydrogen (secondary N) is 2. The molecule has 1 aromatic rings.